The van der Waals surface area contributed by atoms with Gasteiger partial charge in [0.05, 0.1) is 5.56 Å². The largest absolute Gasteiger partial charge is 0.416 e. The Kier molecular flexibility index (Phi) is 5.28. The number of hydrogen-bond donors (Lipinski definition) is 0. The topological polar surface area (TPSA) is 0 Å². The summed E-state index contributed by atoms with van der Waals surface area (Å²) in [5.41, 5.74) is 1.47. The molecule has 0 saturated carbocycles. The van der Waals surface area contributed by atoms with Crippen LogP contribution in [0.15, 0.2) is 54.6 Å². The molecule has 0 aliphatic carbocycles. The zero-order valence-corrected chi connectivity index (χ0v) is 12.9. The quantitative estimate of drug-likeness (QED) is 0.600. The number of halogens is 3. The minimum absolute atomic E-state index is 0.119. The molecule has 0 radical (unpaired) electrons. The molecule has 0 spiro atoms. The van der Waals surface area contributed by atoms with Gasteiger partial charge in [-0.05, 0) is 41.9 Å². The molecule has 0 N–H and O–H groups in total. The predicted octanol–water partition coefficient (Wildman–Crippen LogP) is 6.39. The van der Waals surface area contributed by atoms with Gasteiger partial charge in [0.15, 0.2) is 0 Å². The van der Waals surface area contributed by atoms with Crippen LogP contribution in [0.1, 0.15) is 55.2 Å². The van der Waals surface area contributed by atoms with Crippen LogP contribution in [0.25, 0.3) is 0 Å². The lowest BCUT2D eigenvalue weighted by Crippen LogP contribution is -2.06. The van der Waals surface area contributed by atoms with Gasteiger partial charge in [0.1, 0.15) is 0 Å². The summed E-state index contributed by atoms with van der Waals surface area (Å²) in [6.45, 7) is 4.15. The van der Waals surface area contributed by atoms with E-state index in [0.717, 1.165) is 24.5 Å². The molecule has 0 fully saturated rings. The van der Waals surface area contributed by atoms with Gasteiger partial charge in [-0.15, -0.1) is 0 Å². The summed E-state index contributed by atoms with van der Waals surface area (Å²) in [4.78, 5) is 0. The van der Waals surface area contributed by atoms with E-state index in [-0.39, 0.29) is 5.92 Å². The number of benzene rings is 2. The van der Waals surface area contributed by atoms with Crippen molar-refractivity contribution >= 4 is 0 Å². The molecule has 2 aromatic rings. The molecule has 0 aliphatic rings. The van der Waals surface area contributed by atoms with Crippen LogP contribution in [0, 0.1) is 0 Å². The van der Waals surface area contributed by atoms with Crippen LogP contribution < -0.4 is 0 Å². The van der Waals surface area contributed by atoms with Crippen molar-refractivity contribution in [1.29, 1.82) is 0 Å². The first-order chi connectivity index (χ1) is 10.4. The Bertz CT molecular complexity index is 587. The molecule has 0 aromatic heterocycles. The van der Waals surface area contributed by atoms with Crippen LogP contribution in [0.3, 0.4) is 0 Å². The van der Waals surface area contributed by atoms with E-state index in [1.54, 1.807) is 6.07 Å². The summed E-state index contributed by atoms with van der Waals surface area (Å²) in [6.07, 6.45) is -2.44. The van der Waals surface area contributed by atoms with Crippen LogP contribution in [0.2, 0.25) is 0 Å². The van der Waals surface area contributed by atoms with Crippen molar-refractivity contribution in [3.8, 4) is 0 Å². The van der Waals surface area contributed by atoms with Gasteiger partial charge in [-0.3, -0.25) is 0 Å². The van der Waals surface area contributed by atoms with E-state index >= 15 is 0 Å². The van der Waals surface area contributed by atoms with Gasteiger partial charge in [-0.2, -0.15) is 13.2 Å². The van der Waals surface area contributed by atoms with Crippen molar-refractivity contribution in [2.75, 3.05) is 0 Å². The average Bonchev–Trinajstić information content (AvgIpc) is 2.52. The van der Waals surface area contributed by atoms with Crippen molar-refractivity contribution in [2.45, 2.75) is 44.7 Å². The number of alkyl halides is 3. The second kappa shape index (κ2) is 6.99. The second-order valence-electron chi connectivity index (χ2n) is 5.91. The fourth-order valence-electron chi connectivity index (χ4n) is 2.64. The zero-order chi connectivity index (χ0) is 16.2. The van der Waals surface area contributed by atoms with Crippen LogP contribution in [0.4, 0.5) is 13.2 Å². The maximum absolute atomic E-state index is 12.8. The molecule has 2 atom stereocenters. The highest BCUT2D eigenvalue weighted by atomic mass is 19.4. The fourth-order valence-corrected chi connectivity index (χ4v) is 2.64. The Morgan fingerprint density at radius 3 is 1.91 bits per heavy atom. The molecular weight excluding hydrogens is 285 g/mol. The van der Waals surface area contributed by atoms with Gasteiger partial charge in [-0.1, -0.05) is 62.4 Å². The Labute approximate surface area is 130 Å². The van der Waals surface area contributed by atoms with E-state index in [9.17, 15) is 13.2 Å². The van der Waals surface area contributed by atoms with E-state index in [1.807, 2.05) is 25.1 Å². The molecule has 0 bridgehead atoms. The molecule has 0 nitrogen and oxygen atoms in total. The molecule has 3 heteroatoms. The van der Waals surface area contributed by atoms with E-state index in [0.29, 0.717) is 5.92 Å². The Hall–Kier alpha value is -1.77. The fraction of sp³-hybridized carbons (Fsp3) is 0.368. The molecule has 2 aromatic carbocycles. The van der Waals surface area contributed by atoms with Crippen LogP contribution in [-0.4, -0.2) is 0 Å². The van der Waals surface area contributed by atoms with Crippen LogP contribution in [0.5, 0.6) is 0 Å². The van der Waals surface area contributed by atoms with E-state index in [1.165, 1.54) is 17.7 Å². The normalized spacial score (nSPS) is 14.6. The van der Waals surface area contributed by atoms with E-state index < -0.39 is 11.7 Å². The maximum Gasteiger partial charge on any atom is 0.416 e. The van der Waals surface area contributed by atoms with Crippen LogP contribution >= 0.6 is 0 Å². The van der Waals surface area contributed by atoms with Crippen molar-refractivity contribution in [1.82, 2.24) is 0 Å². The molecule has 22 heavy (non-hydrogen) atoms. The minimum Gasteiger partial charge on any atom is -0.166 e. The maximum atomic E-state index is 12.8. The Morgan fingerprint density at radius 1 is 0.773 bits per heavy atom. The second-order valence-corrected chi connectivity index (χ2v) is 5.91. The first-order valence-electron chi connectivity index (χ1n) is 7.60. The summed E-state index contributed by atoms with van der Waals surface area (Å²) in [5, 5.41) is 0. The number of hydrogen-bond acceptors (Lipinski definition) is 0. The Morgan fingerprint density at radius 2 is 1.32 bits per heavy atom. The average molecular weight is 306 g/mol. The van der Waals surface area contributed by atoms with Crippen molar-refractivity contribution < 1.29 is 13.2 Å². The lowest BCUT2D eigenvalue weighted by molar-refractivity contribution is -0.137. The standard InChI is InChI=1S/C19H21F3/c1-14(16-7-4-3-5-8-16)11-12-15(2)17-9-6-10-18(13-17)19(20,21)22/h3-10,13-15H,11-12H2,1-2H3. The van der Waals surface area contributed by atoms with Gasteiger partial charge in [0.2, 0.25) is 0 Å². The highest BCUT2D eigenvalue weighted by molar-refractivity contribution is 5.28. The summed E-state index contributed by atoms with van der Waals surface area (Å²) in [7, 11) is 0. The predicted molar refractivity (Wildman–Crippen MR) is 84.0 cm³/mol. The first-order valence-corrected chi connectivity index (χ1v) is 7.60. The Balaban J connectivity index is 1.99. The zero-order valence-electron chi connectivity index (χ0n) is 12.9. The molecule has 118 valence electrons. The third-order valence-corrected chi connectivity index (χ3v) is 4.18. The molecule has 0 aliphatic heterocycles. The summed E-state index contributed by atoms with van der Waals surface area (Å²) in [6, 6.07) is 15.9. The molecule has 0 amide bonds. The van der Waals surface area contributed by atoms with Crippen LogP contribution in [-0.2, 0) is 6.18 Å². The SMILES string of the molecule is CC(CCC(C)c1cccc(C(F)(F)F)c1)c1ccccc1. The molecule has 2 rings (SSSR count). The molecule has 0 saturated heterocycles. The molecule has 0 heterocycles. The first kappa shape index (κ1) is 16.6. The van der Waals surface area contributed by atoms with Gasteiger partial charge in [0, 0.05) is 0 Å². The van der Waals surface area contributed by atoms with Gasteiger partial charge >= 0.3 is 6.18 Å². The highest BCUT2D eigenvalue weighted by Crippen LogP contribution is 2.33. The molecule has 2 unspecified atom stereocenters. The molecular formula is C19H21F3. The van der Waals surface area contributed by atoms with Crippen molar-refractivity contribution in [3.63, 3.8) is 0 Å². The number of rotatable bonds is 5. The summed E-state index contributed by atoms with van der Waals surface area (Å²) >= 11 is 0. The van der Waals surface area contributed by atoms with Crippen molar-refractivity contribution in [2.24, 2.45) is 0 Å². The smallest absolute Gasteiger partial charge is 0.166 e. The van der Waals surface area contributed by atoms with Crippen molar-refractivity contribution in [3.05, 3.63) is 71.3 Å². The van der Waals surface area contributed by atoms with E-state index in [2.05, 4.69) is 19.1 Å². The van der Waals surface area contributed by atoms with Gasteiger partial charge < -0.3 is 0 Å². The lowest BCUT2D eigenvalue weighted by atomic mass is 9.89. The van der Waals surface area contributed by atoms with Gasteiger partial charge in [-0.25, -0.2) is 0 Å². The summed E-state index contributed by atoms with van der Waals surface area (Å²) in [5.74, 6) is 0.530. The highest BCUT2D eigenvalue weighted by Gasteiger charge is 2.30. The minimum atomic E-state index is -4.27. The summed E-state index contributed by atoms with van der Waals surface area (Å²) < 4.78 is 38.3. The monoisotopic (exact) mass is 306 g/mol. The third kappa shape index (κ3) is 4.36. The lowest BCUT2D eigenvalue weighted by Gasteiger charge is -2.17. The van der Waals surface area contributed by atoms with Gasteiger partial charge in [0.25, 0.3) is 0 Å². The third-order valence-electron chi connectivity index (χ3n) is 4.18. The van der Waals surface area contributed by atoms with E-state index in [4.69, 9.17) is 0 Å².